The Labute approximate surface area is 158 Å². The summed E-state index contributed by atoms with van der Waals surface area (Å²) in [6.07, 6.45) is 7.14. The smallest absolute Gasteiger partial charge is 0.229 e. The van der Waals surface area contributed by atoms with Crippen LogP contribution in [-0.4, -0.2) is 51.3 Å². The molecule has 0 saturated carbocycles. The van der Waals surface area contributed by atoms with Gasteiger partial charge in [0.15, 0.2) is 5.65 Å². The van der Waals surface area contributed by atoms with E-state index in [0.717, 1.165) is 55.7 Å². The normalized spacial score (nSPS) is 20.6. The van der Waals surface area contributed by atoms with Gasteiger partial charge in [-0.2, -0.15) is 10.1 Å². The molecule has 7 nitrogen and oxygen atoms in total. The number of rotatable bonds is 3. The number of aromatic nitrogens is 4. The topological polar surface area (TPSA) is 70.9 Å². The van der Waals surface area contributed by atoms with Crippen molar-refractivity contribution in [1.29, 1.82) is 0 Å². The molecular formula is C20H25N7. The minimum atomic E-state index is 0.360. The van der Waals surface area contributed by atoms with Crippen LogP contribution in [0.1, 0.15) is 30.0 Å². The third kappa shape index (κ3) is 3.28. The summed E-state index contributed by atoms with van der Waals surface area (Å²) in [6.45, 7) is 4.15. The first-order valence-corrected chi connectivity index (χ1v) is 9.74. The minimum absolute atomic E-state index is 0.360. The molecule has 140 valence electrons. The van der Waals surface area contributed by atoms with Gasteiger partial charge in [0.2, 0.25) is 5.95 Å². The van der Waals surface area contributed by atoms with Crippen LogP contribution in [0.3, 0.4) is 0 Å². The zero-order chi connectivity index (χ0) is 18.2. The number of fused-ring (bicyclic) bond motifs is 2. The van der Waals surface area contributed by atoms with E-state index in [2.05, 4.69) is 55.5 Å². The monoisotopic (exact) mass is 363 g/mol. The lowest BCUT2D eigenvalue weighted by Gasteiger charge is -2.25. The summed E-state index contributed by atoms with van der Waals surface area (Å²) in [6, 6.07) is 6.93. The highest BCUT2D eigenvalue weighted by Gasteiger charge is 2.19. The summed E-state index contributed by atoms with van der Waals surface area (Å²) in [5, 5.41) is 12.4. The maximum Gasteiger partial charge on any atom is 0.229 e. The number of piperidine rings is 1. The molecular weight excluding hydrogens is 338 g/mol. The first-order valence-electron chi connectivity index (χ1n) is 9.74. The fourth-order valence-corrected chi connectivity index (χ4v) is 4.11. The minimum Gasteiger partial charge on any atom is -0.324 e. The summed E-state index contributed by atoms with van der Waals surface area (Å²) < 4.78 is 2.05. The van der Waals surface area contributed by atoms with Crippen LogP contribution in [0.4, 0.5) is 11.6 Å². The van der Waals surface area contributed by atoms with Crippen molar-refractivity contribution in [3.05, 3.63) is 41.7 Å². The van der Waals surface area contributed by atoms with Gasteiger partial charge in [-0.1, -0.05) is 6.07 Å². The van der Waals surface area contributed by atoms with Crippen LogP contribution in [0.5, 0.6) is 0 Å². The van der Waals surface area contributed by atoms with Crippen LogP contribution in [0, 0.1) is 0 Å². The van der Waals surface area contributed by atoms with E-state index in [1.165, 1.54) is 17.5 Å². The average molecular weight is 363 g/mol. The fraction of sp³-hybridized carbons (Fsp3) is 0.450. The van der Waals surface area contributed by atoms with Crippen molar-refractivity contribution in [2.24, 2.45) is 0 Å². The summed E-state index contributed by atoms with van der Waals surface area (Å²) in [4.78, 5) is 11.6. The Morgan fingerprint density at radius 3 is 3.07 bits per heavy atom. The van der Waals surface area contributed by atoms with Crippen molar-refractivity contribution in [2.45, 2.75) is 31.8 Å². The summed E-state index contributed by atoms with van der Waals surface area (Å²) >= 11 is 0. The molecule has 0 aliphatic carbocycles. The van der Waals surface area contributed by atoms with Gasteiger partial charge >= 0.3 is 0 Å². The van der Waals surface area contributed by atoms with E-state index in [-0.39, 0.29) is 0 Å². The molecule has 0 unspecified atom stereocenters. The van der Waals surface area contributed by atoms with Crippen LogP contribution >= 0.6 is 0 Å². The highest BCUT2D eigenvalue weighted by Crippen LogP contribution is 2.25. The lowest BCUT2D eigenvalue weighted by atomic mass is 9.99. The van der Waals surface area contributed by atoms with Gasteiger partial charge in [-0.3, -0.25) is 0 Å². The Morgan fingerprint density at radius 2 is 2.19 bits per heavy atom. The second-order valence-corrected chi connectivity index (χ2v) is 7.66. The number of hydrogen-bond donors (Lipinski definition) is 2. The number of nitrogens with zero attached hydrogens (tertiary/aromatic N) is 5. The number of anilines is 2. The molecule has 0 radical (unpaired) electrons. The van der Waals surface area contributed by atoms with E-state index in [1.807, 2.05) is 12.4 Å². The fourth-order valence-electron chi connectivity index (χ4n) is 4.11. The molecule has 4 heterocycles. The quantitative estimate of drug-likeness (QED) is 0.745. The zero-order valence-electron chi connectivity index (χ0n) is 15.6. The van der Waals surface area contributed by atoms with Crippen LogP contribution < -0.4 is 10.6 Å². The Kier molecular flexibility index (Phi) is 4.26. The number of nitrogens with one attached hydrogen (secondary N) is 2. The van der Waals surface area contributed by atoms with Crippen LogP contribution in [0.2, 0.25) is 0 Å². The van der Waals surface area contributed by atoms with Crippen LogP contribution in [0.15, 0.2) is 30.6 Å². The number of benzene rings is 1. The molecule has 1 aromatic carbocycles. The van der Waals surface area contributed by atoms with Gasteiger partial charge in [-0.05, 0) is 56.1 Å². The Balaban J connectivity index is 1.43. The van der Waals surface area contributed by atoms with Crippen molar-refractivity contribution in [3.8, 4) is 0 Å². The van der Waals surface area contributed by atoms with Crippen molar-refractivity contribution in [2.75, 3.05) is 32.0 Å². The van der Waals surface area contributed by atoms with Gasteiger partial charge in [0, 0.05) is 31.5 Å². The van der Waals surface area contributed by atoms with E-state index in [9.17, 15) is 0 Å². The molecule has 1 fully saturated rings. The van der Waals surface area contributed by atoms with E-state index in [4.69, 9.17) is 4.98 Å². The molecule has 27 heavy (non-hydrogen) atoms. The predicted molar refractivity (Wildman–Crippen MR) is 106 cm³/mol. The number of likely N-dealkylation sites (N-methyl/N-ethyl adjacent to an activating group) is 1. The van der Waals surface area contributed by atoms with Crippen molar-refractivity contribution in [1.82, 2.24) is 30.0 Å². The van der Waals surface area contributed by atoms with Crippen molar-refractivity contribution < 1.29 is 0 Å². The molecule has 2 N–H and O–H groups in total. The second kappa shape index (κ2) is 6.90. The average Bonchev–Trinajstić information content (AvgIpc) is 3.11. The molecule has 2 aliphatic rings. The first kappa shape index (κ1) is 16.6. The molecule has 0 spiro atoms. The standard InChI is InChI=1S/C20H25N7/c1-26-8-6-14-4-5-17(9-15(14)13-26)24-20-22-10-16-11-23-27(19(16)25-20)18-3-2-7-21-12-18/h4-5,9-11,18,21H,2-3,6-8,12-13H2,1H3,(H,22,24,25)/t18-/m0/s1. The van der Waals surface area contributed by atoms with Gasteiger partial charge in [-0.25, -0.2) is 9.67 Å². The SMILES string of the molecule is CN1CCc2ccc(Nc3ncc4cnn([C@H]5CCCNC5)c4n3)cc2C1. The highest BCUT2D eigenvalue weighted by atomic mass is 15.3. The van der Waals surface area contributed by atoms with Gasteiger partial charge in [-0.15, -0.1) is 0 Å². The van der Waals surface area contributed by atoms with Crippen molar-refractivity contribution >= 4 is 22.7 Å². The van der Waals surface area contributed by atoms with Crippen LogP contribution in [0.25, 0.3) is 11.0 Å². The molecule has 3 aromatic rings. The second-order valence-electron chi connectivity index (χ2n) is 7.66. The van der Waals surface area contributed by atoms with E-state index < -0.39 is 0 Å². The van der Waals surface area contributed by atoms with Crippen LogP contribution in [-0.2, 0) is 13.0 Å². The first-order chi connectivity index (χ1) is 13.3. The van der Waals surface area contributed by atoms with E-state index in [0.29, 0.717) is 12.0 Å². The number of hydrogen-bond acceptors (Lipinski definition) is 6. The molecule has 1 saturated heterocycles. The summed E-state index contributed by atoms with van der Waals surface area (Å²) in [7, 11) is 2.17. The van der Waals surface area contributed by atoms with Gasteiger partial charge < -0.3 is 15.5 Å². The molecule has 7 heteroatoms. The van der Waals surface area contributed by atoms with Crippen molar-refractivity contribution in [3.63, 3.8) is 0 Å². The van der Waals surface area contributed by atoms with E-state index in [1.54, 1.807) is 0 Å². The third-order valence-electron chi connectivity index (χ3n) is 5.62. The molecule has 5 rings (SSSR count). The Morgan fingerprint density at radius 1 is 1.22 bits per heavy atom. The van der Waals surface area contributed by atoms with Gasteiger partial charge in [0.25, 0.3) is 0 Å². The third-order valence-corrected chi connectivity index (χ3v) is 5.62. The van der Waals surface area contributed by atoms with Gasteiger partial charge in [0.05, 0.1) is 17.6 Å². The Bertz CT molecular complexity index is 958. The molecule has 0 bridgehead atoms. The lowest BCUT2D eigenvalue weighted by Crippen LogP contribution is -2.32. The van der Waals surface area contributed by atoms with E-state index >= 15 is 0 Å². The molecule has 1 atom stereocenters. The lowest BCUT2D eigenvalue weighted by molar-refractivity contribution is 0.313. The Hall–Kier alpha value is -2.51. The maximum absolute atomic E-state index is 4.77. The molecule has 0 amide bonds. The molecule has 2 aromatic heterocycles. The highest BCUT2D eigenvalue weighted by molar-refractivity contribution is 5.75. The zero-order valence-corrected chi connectivity index (χ0v) is 15.6. The van der Waals surface area contributed by atoms with Gasteiger partial charge in [0.1, 0.15) is 0 Å². The molecule has 2 aliphatic heterocycles. The largest absolute Gasteiger partial charge is 0.324 e. The summed E-state index contributed by atoms with van der Waals surface area (Å²) in [5.41, 5.74) is 4.76. The summed E-state index contributed by atoms with van der Waals surface area (Å²) in [5.74, 6) is 0.622. The maximum atomic E-state index is 4.77. The predicted octanol–water partition coefficient (Wildman–Crippen LogP) is 2.48.